The first kappa shape index (κ1) is 13.9. The summed E-state index contributed by atoms with van der Waals surface area (Å²) in [5.41, 5.74) is -0.342. The Kier molecular flexibility index (Phi) is 4.42. The smallest absolute Gasteiger partial charge is 0.254 e. The molecule has 1 fully saturated rings. The second-order valence-corrected chi connectivity index (χ2v) is 4.81. The van der Waals surface area contributed by atoms with Gasteiger partial charge in [0, 0.05) is 19.3 Å². The minimum atomic E-state index is -1.28. The highest BCUT2D eigenvalue weighted by Crippen LogP contribution is 2.30. The van der Waals surface area contributed by atoms with Gasteiger partial charge >= 0.3 is 0 Å². The number of aliphatic hydroxyl groups is 1. The Morgan fingerprint density at radius 2 is 2.16 bits per heavy atom. The predicted molar refractivity (Wildman–Crippen MR) is 64.4 cm³/mol. The summed E-state index contributed by atoms with van der Waals surface area (Å²) in [6.07, 6.45) is 3.94. The number of halogens is 2. The number of pyridine rings is 1. The van der Waals surface area contributed by atoms with Gasteiger partial charge in [0.1, 0.15) is 0 Å². The van der Waals surface area contributed by atoms with Crippen LogP contribution in [-0.2, 0) is 0 Å². The average molecular weight is 270 g/mol. The van der Waals surface area contributed by atoms with Gasteiger partial charge in [-0.05, 0) is 30.7 Å². The molecule has 2 atom stereocenters. The van der Waals surface area contributed by atoms with Crippen molar-refractivity contribution in [1.29, 1.82) is 0 Å². The van der Waals surface area contributed by atoms with Crippen LogP contribution in [0.3, 0.4) is 0 Å². The summed E-state index contributed by atoms with van der Waals surface area (Å²) in [5.74, 6) is -2.78. The number of aromatic nitrogens is 1. The topological polar surface area (TPSA) is 62.2 Å². The molecule has 1 aromatic heterocycles. The Hall–Kier alpha value is -1.56. The molecule has 4 nitrogen and oxygen atoms in total. The molecule has 0 aromatic carbocycles. The van der Waals surface area contributed by atoms with E-state index in [1.165, 1.54) is 0 Å². The second kappa shape index (κ2) is 6.06. The summed E-state index contributed by atoms with van der Waals surface area (Å²) in [6.45, 7) is 0.465. The molecular weight excluding hydrogens is 254 g/mol. The van der Waals surface area contributed by atoms with Crippen LogP contribution in [0.5, 0.6) is 0 Å². The Morgan fingerprint density at radius 1 is 1.42 bits per heavy atom. The van der Waals surface area contributed by atoms with Crippen molar-refractivity contribution in [1.82, 2.24) is 10.3 Å². The Labute approximate surface area is 109 Å². The van der Waals surface area contributed by atoms with E-state index in [0.717, 1.165) is 31.5 Å². The highest BCUT2D eigenvalue weighted by Gasteiger charge is 2.27. The average Bonchev–Trinajstić information content (AvgIpc) is 2.86. The first-order valence-corrected chi connectivity index (χ1v) is 6.32. The van der Waals surface area contributed by atoms with Crippen molar-refractivity contribution in [3.05, 3.63) is 29.6 Å². The van der Waals surface area contributed by atoms with E-state index in [2.05, 4.69) is 10.3 Å². The van der Waals surface area contributed by atoms with Crippen molar-refractivity contribution in [2.24, 2.45) is 11.8 Å². The molecule has 6 heteroatoms. The third-order valence-corrected chi connectivity index (χ3v) is 3.67. The molecule has 0 radical (unpaired) electrons. The lowest BCUT2D eigenvalue weighted by Crippen LogP contribution is -2.32. The molecule has 1 aliphatic rings. The van der Waals surface area contributed by atoms with Crippen LogP contribution < -0.4 is 5.32 Å². The molecule has 1 aliphatic carbocycles. The monoisotopic (exact) mass is 270 g/mol. The minimum Gasteiger partial charge on any atom is -0.396 e. The van der Waals surface area contributed by atoms with Crippen molar-refractivity contribution in [3.8, 4) is 0 Å². The van der Waals surface area contributed by atoms with Crippen LogP contribution in [0.4, 0.5) is 8.78 Å². The maximum absolute atomic E-state index is 13.4. The van der Waals surface area contributed by atoms with Crippen LogP contribution >= 0.6 is 0 Å². The fourth-order valence-electron chi connectivity index (χ4n) is 2.54. The molecule has 1 amide bonds. The maximum atomic E-state index is 13.4. The molecular formula is C13H16F2N2O2. The molecule has 1 saturated carbocycles. The molecule has 0 spiro atoms. The van der Waals surface area contributed by atoms with Gasteiger partial charge in [-0.2, -0.15) is 4.39 Å². The third kappa shape index (κ3) is 3.07. The van der Waals surface area contributed by atoms with Gasteiger partial charge in [-0.25, -0.2) is 9.37 Å². The number of carbonyl (C=O) groups excluding carboxylic acids is 1. The zero-order chi connectivity index (χ0) is 13.8. The summed E-state index contributed by atoms with van der Waals surface area (Å²) in [7, 11) is 0. The van der Waals surface area contributed by atoms with E-state index in [1.54, 1.807) is 0 Å². The summed E-state index contributed by atoms with van der Waals surface area (Å²) >= 11 is 0. The molecule has 1 heterocycles. The number of nitrogens with one attached hydrogen (secondary N) is 1. The number of carbonyl (C=O) groups is 1. The lowest BCUT2D eigenvalue weighted by atomic mass is 9.97. The minimum absolute atomic E-state index is 0.0960. The molecule has 2 unspecified atom stereocenters. The van der Waals surface area contributed by atoms with Crippen LogP contribution in [-0.4, -0.2) is 29.1 Å². The number of amides is 1. The first-order chi connectivity index (χ1) is 9.13. The lowest BCUT2D eigenvalue weighted by Gasteiger charge is -2.17. The van der Waals surface area contributed by atoms with Gasteiger partial charge in [-0.3, -0.25) is 4.79 Å². The van der Waals surface area contributed by atoms with Gasteiger partial charge in [0.05, 0.1) is 5.56 Å². The number of hydrogen-bond donors (Lipinski definition) is 2. The molecule has 0 aliphatic heterocycles. The second-order valence-electron chi connectivity index (χ2n) is 4.81. The fraction of sp³-hybridized carbons (Fsp3) is 0.538. The molecule has 104 valence electrons. The Morgan fingerprint density at radius 3 is 2.89 bits per heavy atom. The molecule has 2 N–H and O–H groups in total. The zero-order valence-corrected chi connectivity index (χ0v) is 10.4. The van der Waals surface area contributed by atoms with Crippen molar-refractivity contribution in [3.63, 3.8) is 0 Å². The summed E-state index contributed by atoms with van der Waals surface area (Å²) in [6, 6.07) is 1.14. The van der Waals surface area contributed by atoms with Gasteiger partial charge in [0.2, 0.25) is 5.95 Å². The van der Waals surface area contributed by atoms with Crippen LogP contribution in [0.15, 0.2) is 12.3 Å². The van der Waals surface area contributed by atoms with Crippen molar-refractivity contribution >= 4 is 5.91 Å². The lowest BCUT2D eigenvalue weighted by molar-refractivity contribution is 0.0932. The highest BCUT2D eigenvalue weighted by atomic mass is 19.2. The summed E-state index contributed by atoms with van der Waals surface area (Å²) in [5, 5.41) is 11.8. The van der Waals surface area contributed by atoms with Gasteiger partial charge in [-0.1, -0.05) is 6.42 Å². The van der Waals surface area contributed by atoms with E-state index in [1.807, 2.05) is 0 Å². The van der Waals surface area contributed by atoms with Crippen molar-refractivity contribution in [2.75, 3.05) is 13.2 Å². The van der Waals surface area contributed by atoms with E-state index in [9.17, 15) is 13.6 Å². The molecule has 0 bridgehead atoms. The Bertz CT molecular complexity index is 468. The number of hydrogen-bond acceptors (Lipinski definition) is 3. The normalized spacial score (nSPS) is 22.5. The zero-order valence-electron chi connectivity index (χ0n) is 10.4. The van der Waals surface area contributed by atoms with Crippen LogP contribution in [0.1, 0.15) is 29.6 Å². The maximum Gasteiger partial charge on any atom is 0.254 e. The molecule has 2 rings (SSSR count). The molecule has 1 aromatic rings. The third-order valence-electron chi connectivity index (χ3n) is 3.67. The van der Waals surface area contributed by atoms with Gasteiger partial charge < -0.3 is 10.4 Å². The number of nitrogens with zero attached hydrogens (tertiary/aromatic N) is 1. The summed E-state index contributed by atoms with van der Waals surface area (Å²) in [4.78, 5) is 14.9. The van der Waals surface area contributed by atoms with E-state index in [-0.39, 0.29) is 24.0 Å². The van der Waals surface area contributed by atoms with Crippen LogP contribution in [0, 0.1) is 23.6 Å². The molecule has 0 saturated heterocycles. The largest absolute Gasteiger partial charge is 0.396 e. The predicted octanol–water partition coefficient (Wildman–Crippen LogP) is 1.50. The van der Waals surface area contributed by atoms with E-state index < -0.39 is 17.7 Å². The van der Waals surface area contributed by atoms with Crippen molar-refractivity contribution in [2.45, 2.75) is 19.3 Å². The SMILES string of the molecule is O=C(NCC1CCCC1CO)c1ccnc(F)c1F. The fourth-order valence-corrected chi connectivity index (χ4v) is 2.54. The number of aliphatic hydroxyl groups excluding tert-OH is 1. The van der Waals surface area contributed by atoms with E-state index in [0.29, 0.717) is 6.54 Å². The molecule has 19 heavy (non-hydrogen) atoms. The number of rotatable bonds is 4. The highest BCUT2D eigenvalue weighted by molar-refractivity contribution is 5.94. The summed E-state index contributed by atoms with van der Waals surface area (Å²) < 4.78 is 26.3. The van der Waals surface area contributed by atoms with Gasteiger partial charge in [-0.15, -0.1) is 0 Å². The Balaban J connectivity index is 1.96. The quantitative estimate of drug-likeness (QED) is 0.815. The van der Waals surface area contributed by atoms with Crippen LogP contribution in [0.25, 0.3) is 0 Å². The van der Waals surface area contributed by atoms with Gasteiger partial charge in [0.15, 0.2) is 5.82 Å². The van der Waals surface area contributed by atoms with Gasteiger partial charge in [0.25, 0.3) is 5.91 Å². The van der Waals surface area contributed by atoms with E-state index >= 15 is 0 Å². The standard InChI is InChI=1S/C13H16F2N2O2/c14-11-10(4-5-16-12(11)15)13(19)17-6-8-2-1-3-9(8)7-18/h4-5,8-9,18H,1-3,6-7H2,(H,17,19). The van der Waals surface area contributed by atoms with Crippen LogP contribution in [0.2, 0.25) is 0 Å². The first-order valence-electron chi connectivity index (χ1n) is 6.32. The van der Waals surface area contributed by atoms with E-state index in [4.69, 9.17) is 5.11 Å². The van der Waals surface area contributed by atoms with Crippen molar-refractivity contribution < 1.29 is 18.7 Å².